The number of ether oxygens (including phenoxy) is 3. The predicted octanol–water partition coefficient (Wildman–Crippen LogP) is 16.6. The SMILES string of the molecule is CC/C=C\C/C=C\C/C=C\C/C=C\C/C=C\CCCC(=O)OCC(COC(=O)CCC/C=C\CCCCCC)OC(=O)CCCCCCCCCCCCCCCCCCC. The first kappa shape index (κ1) is 57.9. The van der Waals surface area contributed by atoms with E-state index >= 15 is 0 Å². The van der Waals surface area contributed by atoms with Crippen LogP contribution < -0.4 is 0 Å². The molecule has 0 saturated heterocycles. The Bertz CT molecular complexity index is 1160. The monoisotopic (exact) mass is 851 g/mol. The van der Waals surface area contributed by atoms with Gasteiger partial charge >= 0.3 is 17.9 Å². The van der Waals surface area contributed by atoms with Crippen LogP contribution in [0.3, 0.4) is 0 Å². The number of hydrogen-bond acceptors (Lipinski definition) is 6. The van der Waals surface area contributed by atoms with Crippen LogP contribution in [-0.2, 0) is 28.6 Å². The van der Waals surface area contributed by atoms with Gasteiger partial charge in [-0.15, -0.1) is 0 Å². The number of carbonyl (C=O) groups is 3. The third-order valence-corrected chi connectivity index (χ3v) is 10.7. The van der Waals surface area contributed by atoms with E-state index < -0.39 is 6.10 Å². The molecular formula is C55H94O6. The van der Waals surface area contributed by atoms with Crippen LogP contribution >= 0.6 is 0 Å². The molecule has 0 aliphatic heterocycles. The van der Waals surface area contributed by atoms with Gasteiger partial charge in [-0.3, -0.25) is 14.4 Å². The van der Waals surface area contributed by atoms with E-state index in [1.165, 1.54) is 116 Å². The van der Waals surface area contributed by atoms with Gasteiger partial charge in [-0.1, -0.05) is 216 Å². The lowest BCUT2D eigenvalue weighted by molar-refractivity contribution is -0.167. The average molecular weight is 851 g/mol. The van der Waals surface area contributed by atoms with Crippen LogP contribution in [0.2, 0.25) is 0 Å². The molecule has 0 heterocycles. The number of esters is 3. The highest BCUT2D eigenvalue weighted by molar-refractivity contribution is 5.71. The van der Waals surface area contributed by atoms with Crippen molar-refractivity contribution >= 4 is 17.9 Å². The van der Waals surface area contributed by atoms with E-state index in [1.54, 1.807) is 0 Å². The Balaban J connectivity index is 4.42. The molecule has 61 heavy (non-hydrogen) atoms. The maximum absolute atomic E-state index is 12.8. The molecule has 350 valence electrons. The lowest BCUT2D eigenvalue weighted by atomic mass is 10.0. The molecule has 0 aromatic heterocycles. The van der Waals surface area contributed by atoms with Gasteiger partial charge in [0.25, 0.3) is 0 Å². The van der Waals surface area contributed by atoms with E-state index in [0.717, 1.165) is 70.6 Å². The molecule has 1 unspecified atom stereocenters. The molecule has 0 N–H and O–H groups in total. The van der Waals surface area contributed by atoms with Gasteiger partial charge in [0.05, 0.1) is 0 Å². The predicted molar refractivity (Wildman–Crippen MR) is 261 cm³/mol. The number of allylic oxidation sites excluding steroid dienone is 12. The van der Waals surface area contributed by atoms with E-state index in [2.05, 4.69) is 93.7 Å². The van der Waals surface area contributed by atoms with E-state index in [0.29, 0.717) is 25.7 Å². The molecule has 0 aromatic rings. The molecule has 0 saturated carbocycles. The zero-order valence-electron chi connectivity index (χ0n) is 39.9. The van der Waals surface area contributed by atoms with Crippen LogP contribution in [0.15, 0.2) is 72.9 Å². The van der Waals surface area contributed by atoms with Crippen molar-refractivity contribution in [1.82, 2.24) is 0 Å². The number of carbonyl (C=O) groups excluding carboxylic acids is 3. The fourth-order valence-electron chi connectivity index (χ4n) is 6.89. The van der Waals surface area contributed by atoms with Crippen molar-refractivity contribution in [3.63, 3.8) is 0 Å². The zero-order valence-corrected chi connectivity index (χ0v) is 39.9. The fourth-order valence-corrected chi connectivity index (χ4v) is 6.89. The van der Waals surface area contributed by atoms with Crippen LogP contribution in [-0.4, -0.2) is 37.2 Å². The molecule has 0 spiro atoms. The molecule has 0 bridgehead atoms. The average Bonchev–Trinajstić information content (AvgIpc) is 3.26. The smallest absolute Gasteiger partial charge is 0.306 e. The van der Waals surface area contributed by atoms with Crippen molar-refractivity contribution in [2.75, 3.05) is 13.2 Å². The van der Waals surface area contributed by atoms with Crippen LogP contribution in [0.25, 0.3) is 0 Å². The summed E-state index contributed by atoms with van der Waals surface area (Å²) in [7, 11) is 0. The minimum Gasteiger partial charge on any atom is -0.462 e. The first-order valence-electron chi connectivity index (χ1n) is 25.4. The molecule has 0 aliphatic carbocycles. The minimum absolute atomic E-state index is 0.107. The maximum Gasteiger partial charge on any atom is 0.306 e. The third-order valence-electron chi connectivity index (χ3n) is 10.7. The standard InChI is InChI=1S/C55H94O6/c1-4-7-10-13-16-19-21-23-25-27-29-31-33-36-39-42-45-48-54(57)60-51-52(50-59-53(56)47-44-41-38-35-18-15-12-9-6-3)61-55(58)49-46-43-40-37-34-32-30-28-26-24-22-20-17-14-11-8-5-2/h7,10,16,19,23,25,29,31,35-36,38-39,52H,4-6,8-9,11-15,17-18,20-22,24,26-28,30,32-34,37,40-51H2,1-3H3/b10-7-,19-16-,25-23-,31-29-,38-35-,39-36-. The maximum atomic E-state index is 12.8. The van der Waals surface area contributed by atoms with Crippen molar-refractivity contribution in [2.24, 2.45) is 0 Å². The van der Waals surface area contributed by atoms with Gasteiger partial charge in [0.1, 0.15) is 13.2 Å². The van der Waals surface area contributed by atoms with E-state index in [-0.39, 0.29) is 37.5 Å². The normalized spacial score (nSPS) is 12.6. The fraction of sp³-hybridized carbons (Fsp3) is 0.727. The van der Waals surface area contributed by atoms with Gasteiger partial charge in [-0.25, -0.2) is 0 Å². The second-order valence-corrected chi connectivity index (χ2v) is 16.7. The molecule has 6 nitrogen and oxygen atoms in total. The summed E-state index contributed by atoms with van der Waals surface area (Å²) in [6.07, 6.45) is 61.9. The van der Waals surface area contributed by atoms with Gasteiger partial charge in [0.15, 0.2) is 6.10 Å². The van der Waals surface area contributed by atoms with Crippen molar-refractivity contribution in [3.8, 4) is 0 Å². The van der Waals surface area contributed by atoms with Crippen molar-refractivity contribution in [3.05, 3.63) is 72.9 Å². The van der Waals surface area contributed by atoms with Gasteiger partial charge in [0.2, 0.25) is 0 Å². The van der Waals surface area contributed by atoms with Crippen molar-refractivity contribution in [1.29, 1.82) is 0 Å². The van der Waals surface area contributed by atoms with E-state index in [9.17, 15) is 14.4 Å². The summed E-state index contributed by atoms with van der Waals surface area (Å²) in [5.74, 6) is -0.996. The lowest BCUT2D eigenvalue weighted by Crippen LogP contribution is -2.30. The van der Waals surface area contributed by atoms with Crippen LogP contribution in [0.1, 0.15) is 239 Å². The molecule has 1 atom stereocenters. The highest BCUT2D eigenvalue weighted by Gasteiger charge is 2.19. The quantitative estimate of drug-likeness (QED) is 0.0263. The van der Waals surface area contributed by atoms with Gasteiger partial charge in [-0.05, 0) is 77.0 Å². The minimum atomic E-state index is -0.805. The molecule has 0 radical (unpaired) electrons. The summed E-state index contributed by atoms with van der Waals surface area (Å²) in [4.78, 5) is 37.8. The second kappa shape index (κ2) is 49.5. The first-order chi connectivity index (χ1) is 30.0. The van der Waals surface area contributed by atoms with Crippen molar-refractivity contribution < 1.29 is 28.6 Å². The molecule has 0 aliphatic rings. The highest BCUT2D eigenvalue weighted by atomic mass is 16.6. The first-order valence-corrected chi connectivity index (χ1v) is 25.4. The van der Waals surface area contributed by atoms with E-state index in [4.69, 9.17) is 14.2 Å². The molecule has 0 fully saturated rings. The molecule has 0 amide bonds. The summed E-state index contributed by atoms with van der Waals surface area (Å²) < 4.78 is 16.7. The van der Waals surface area contributed by atoms with E-state index in [1.807, 2.05) is 0 Å². The Morgan fingerprint density at radius 3 is 1.07 bits per heavy atom. The lowest BCUT2D eigenvalue weighted by Gasteiger charge is -2.18. The largest absolute Gasteiger partial charge is 0.462 e. The Kier molecular flexibility index (Phi) is 46.9. The van der Waals surface area contributed by atoms with Crippen LogP contribution in [0.5, 0.6) is 0 Å². The summed E-state index contributed by atoms with van der Waals surface area (Å²) in [5.41, 5.74) is 0. The zero-order chi connectivity index (χ0) is 44.4. The molecular weight excluding hydrogens is 757 g/mol. The topological polar surface area (TPSA) is 78.9 Å². The van der Waals surface area contributed by atoms with Crippen LogP contribution in [0.4, 0.5) is 0 Å². The summed E-state index contributed by atoms with van der Waals surface area (Å²) in [5, 5.41) is 0. The number of hydrogen-bond donors (Lipinski definition) is 0. The van der Waals surface area contributed by atoms with Crippen molar-refractivity contribution in [2.45, 2.75) is 245 Å². The van der Waals surface area contributed by atoms with Gasteiger partial charge in [-0.2, -0.15) is 0 Å². The number of unbranched alkanes of at least 4 members (excludes halogenated alkanes) is 22. The summed E-state index contributed by atoms with van der Waals surface area (Å²) in [6, 6.07) is 0. The molecule has 6 heteroatoms. The second-order valence-electron chi connectivity index (χ2n) is 16.7. The van der Waals surface area contributed by atoms with Gasteiger partial charge in [0, 0.05) is 19.3 Å². The number of rotatable bonds is 45. The highest BCUT2D eigenvalue weighted by Crippen LogP contribution is 2.15. The summed E-state index contributed by atoms with van der Waals surface area (Å²) in [6.45, 7) is 6.42. The Morgan fingerprint density at radius 2 is 0.656 bits per heavy atom. The van der Waals surface area contributed by atoms with Crippen LogP contribution in [0, 0.1) is 0 Å². The Hall–Kier alpha value is -3.15. The Morgan fingerprint density at radius 1 is 0.344 bits per heavy atom. The third kappa shape index (κ3) is 47.7. The molecule has 0 rings (SSSR count). The Labute approximate surface area is 376 Å². The van der Waals surface area contributed by atoms with Gasteiger partial charge < -0.3 is 14.2 Å². The molecule has 0 aromatic carbocycles. The summed E-state index contributed by atoms with van der Waals surface area (Å²) >= 11 is 0.